The number of nitrogens with zero attached hydrogens (tertiary/aromatic N) is 1. The van der Waals surface area contributed by atoms with Crippen LogP contribution >= 0.6 is 0 Å². The minimum absolute atomic E-state index is 0. The molecule has 0 saturated carbocycles. The first kappa shape index (κ1) is 14.7. The molecule has 2 heteroatoms. The highest BCUT2D eigenvalue weighted by atomic mass is 127. The van der Waals surface area contributed by atoms with Gasteiger partial charge in [0.15, 0.2) is 18.9 Å². The standard InChI is InChI=1S/C18H16N.HI/c1-3-7-16(8-4-1)15-19-13-11-18(12-14-19)17-9-5-2-6-10-17;/h1-14H,15H2;1H/q+1;/p-1. The summed E-state index contributed by atoms with van der Waals surface area (Å²) < 4.78 is 2.20. The van der Waals surface area contributed by atoms with Crippen LogP contribution in [0.4, 0.5) is 0 Å². The lowest BCUT2D eigenvalue weighted by Crippen LogP contribution is -3.00. The van der Waals surface area contributed by atoms with Gasteiger partial charge < -0.3 is 24.0 Å². The fourth-order valence-electron chi connectivity index (χ4n) is 2.18. The first-order chi connectivity index (χ1) is 9.42. The van der Waals surface area contributed by atoms with E-state index in [1.807, 2.05) is 12.1 Å². The van der Waals surface area contributed by atoms with Gasteiger partial charge in [-0.25, -0.2) is 4.57 Å². The van der Waals surface area contributed by atoms with Gasteiger partial charge in [0.05, 0.1) is 0 Å². The molecular weight excluding hydrogens is 357 g/mol. The first-order valence-electron chi connectivity index (χ1n) is 6.50. The van der Waals surface area contributed by atoms with Crippen molar-refractivity contribution in [1.82, 2.24) is 0 Å². The van der Waals surface area contributed by atoms with Crippen LogP contribution in [0.1, 0.15) is 5.56 Å². The molecule has 0 unspecified atom stereocenters. The number of rotatable bonds is 3. The van der Waals surface area contributed by atoms with Crippen molar-refractivity contribution in [3.8, 4) is 11.1 Å². The van der Waals surface area contributed by atoms with Gasteiger partial charge in [-0.15, -0.1) is 0 Å². The van der Waals surface area contributed by atoms with Crippen molar-refractivity contribution < 1.29 is 28.5 Å². The molecule has 0 aliphatic heterocycles. The van der Waals surface area contributed by atoms with Crippen molar-refractivity contribution in [3.63, 3.8) is 0 Å². The molecule has 0 aliphatic rings. The van der Waals surface area contributed by atoms with Gasteiger partial charge in [-0.1, -0.05) is 60.7 Å². The molecule has 0 aliphatic carbocycles. The SMILES string of the molecule is [I-].c1ccc(C[n+]2ccc(-c3ccccc3)cc2)cc1. The minimum Gasteiger partial charge on any atom is -1.00 e. The maximum Gasteiger partial charge on any atom is 0.173 e. The van der Waals surface area contributed by atoms with E-state index in [1.165, 1.54) is 16.7 Å². The molecule has 0 radical (unpaired) electrons. The molecule has 0 saturated heterocycles. The molecule has 1 aromatic heterocycles. The van der Waals surface area contributed by atoms with E-state index in [9.17, 15) is 0 Å². The Morgan fingerprint density at radius 1 is 0.600 bits per heavy atom. The number of aromatic nitrogens is 1. The summed E-state index contributed by atoms with van der Waals surface area (Å²) in [5.41, 5.74) is 3.83. The largest absolute Gasteiger partial charge is 1.00 e. The van der Waals surface area contributed by atoms with Crippen molar-refractivity contribution in [2.24, 2.45) is 0 Å². The van der Waals surface area contributed by atoms with Crippen LogP contribution in [0, 0.1) is 0 Å². The van der Waals surface area contributed by atoms with E-state index in [4.69, 9.17) is 0 Å². The molecule has 3 rings (SSSR count). The van der Waals surface area contributed by atoms with Crippen molar-refractivity contribution >= 4 is 0 Å². The van der Waals surface area contributed by atoms with Crippen LogP contribution in [-0.4, -0.2) is 0 Å². The van der Waals surface area contributed by atoms with E-state index >= 15 is 0 Å². The zero-order valence-electron chi connectivity index (χ0n) is 11.1. The Kier molecular flexibility index (Phi) is 5.30. The predicted molar refractivity (Wildman–Crippen MR) is 77.6 cm³/mol. The second kappa shape index (κ2) is 7.20. The summed E-state index contributed by atoms with van der Waals surface area (Å²) in [5, 5.41) is 0. The average molecular weight is 373 g/mol. The van der Waals surface area contributed by atoms with Gasteiger partial charge in [-0.3, -0.25) is 0 Å². The van der Waals surface area contributed by atoms with Crippen LogP contribution in [0.15, 0.2) is 85.2 Å². The fourth-order valence-corrected chi connectivity index (χ4v) is 2.18. The Balaban J connectivity index is 0.00000147. The lowest BCUT2D eigenvalue weighted by atomic mass is 10.1. The van der Waals surface area contributed by atoms with Crippen LogP contribution in [0.5, 0.6) is 0 Å². The number of halogens is 1. The maximum atomic E-state index is 2.20. The zero-order chi connectivity index (χ0) is 12.9. The molecule has 0 N–H and O–H groups in total. The molecule has 0 atom stereocenters. The third-order valence-electron chi connectivity index (χ3n) is 3.21. The molecule has 1 nitrogen and oxygen atoms in total. The zero-order valence-corrected chi connectivity index (χ0v) is 13.3. The number of hydrogen-bond donors (Lipinski definition) is 0. The monoisotopic (exact) mass is 373 g/mol. The smallest absolute Gasteiger partial charge is 0.173 e. The lowest BCUT2D eigenvalue weighted by molar-refractivity contribution is -0.688. The number of pyridine rings is 1. The van der Waals surface area contributed by atoms with E-state index in [0.29, 0.717) is 0 Å². The molecule has 0 fully saturated rings. The van der Waals surface area contributed by atoms with Crippen LogP contribution < -0.4 is 28.5 Å². The Labute approximate surface area is 136 Å². The summed E-state index contributed by atoms with van der Waals surface area (Å²) in [6.07, 6.45) is 4.27. The van der Waals surface area contributed by atoms with Crippen LogP contribution in [0.2, 0.25) is 0 Å². The number of benzene rings is 2. The third kappa shape index (κ3) is 3.67. The summed E-state index contributed by atoms with van der Waals surface area (Å²) in [6, 6.07) is 25.3. The Morgan fingerprint density at radius 3 is 1.70 bits per heavy atom. The predicted octanol–water partition coefficient (Wildman–Crippen LogP) is 0.693. The van der Waals surface area contributed by atoms with Crippen molar-refractivity contribution in [1.29, 1.82) is 0 Å². The second-order valence-electron chi connectivity index (χ2n) is 4.61. The molecule has 3 aromatic rings. The molecular formula is C18H16IN. The maximum absolute atomic E-state index is 2.20. The van der Waals surface area contributed by atoms with Gasteiger partial charge in [0.1, 0.15) is 0 Å². The van der Waals surface area contributed by atoms with Crippen LogP contribution in [0.25, 0.3) is 11.1 Å². The normalized spacial score (nSPS) is 9.80. The third-order valence-corrected chi connectivity index (χ3v) is 3.21. The highest BCUT2D eigenvalue weighted by Crippen LogP contribution is 2.16. The quantitative estimate of drug-likeness (QED) is 0.470. The van der Waals surface area contributed by atoms with Crippen molar-refractivity contribution in [2.75, 3.05) is 0 Å². The van der Waals surface area contributed by atoms with Gasteiger partial charge in [0.25, 0.3) is 0 Å². The van der Waals surface area contributed by atoms with Gasteiger partial charge in [0, 0.05) is 17.7 Å². The summed E-state index contributed by atoms with van der Waals surface area (Å²) in [7, 11) is 0. The average Bonchev–Trinajstić information content (AvgIpc) is 2.50. The Bertz CT molecular complexity index is 633. The molecule has 0 bridgehead atoms. The Morgan fingerprint density at radius 2 is 1.10 bits per heavy atom. The minimum atomic E-state index is 0. The number of hydrogen-bond acceptors (Lipinski definition) is 0. The molecule has 1 heterocycles. The van der Waals surface area contributed by atoms with E-state index < -0.39 is 0 Å². The van der Waals surface area contributed by atoms with E-state index in [1.54, 1.807) is 0 Å². The summed E-state index contributed by atoms with van der Waals surface area (Å²) >= 11 is 0. The fraction of sp³-hybridized carbons (Fsp3) is 0.0556. The Hall–Kier alpha value is -1.68. The molecule has 0 amide bonds. The summed E-state index contributed by atoms with van der Waals surface area (Å²) in [5.74, 6) is 0. The molecule has 100 valence electrons. The topological polar surface area (TPSA) is 3.88 Å². The van der Waals surface area contributed by atoms with Crippen LogP contribution in [0.3, 0.4) is 0 Å². The molecule has 0 spiro atoms. The van der Waals surface area contributed by atoms with E-state index in [-0.39, 0.29) is 24.0 Å². The van der Waals surface area contributed by atoms with Gasteiger partial charge in [-0.2, -0.15) is 0 Å². The first-order valence-corrected chi connectivity index (χ1v) is 6.50. The summed E-state index contributed by atoms with van der Waals surface area (Å²) in [6.45, 7) is 0.913. The van der Waals surface area contributed by atoms with Gasteiger partial charge in [-0.05, 0) is 11.1 Å². The van der Waals surface area contributed by atoms with E-state index in [0.717, 1.165) is 6.54 Å². The highest BCUT2D eigenvalue weighted by Gasteiger charge is 2.03. The molecule has 20 heavy (non-hydrogen) atoms. The second-order valence-corrected chi connectivity index (χ2v) is 4.61. The van der Waals surface area contributed by atoms with E-state index in [2.05, 4.69) is 77.6 Å². The highest BCUT2D eigenvalue weighted by molar-refractivity contribution is 5.61. The molecule has 2 aromatic carbocycles. The summed E-state index contributed by atoms with van der Waals surface area (Å²) in [4.78, 5) is 0. The van der Waals surface area contributed by atoms with Gasteiger partial charge in [0.2, 0.25) is 0 Å². The van der Waals surface area contributed by atoms with Crippen molar-refractivity contribution in [3.05, 3.63) is 90.8 Å². The van der Waals surface area contributed by atoms with Crippen molar-refractivity contribution in [2.45, 2.75) is 6.54 Å². The van der Waals surface area contributed by atoms with Gasteiger partial charge >= 0.3 is 0 Å². The van der Waals surface area contributed by atoms with Crippen LogP contribution in [-0.2, 0) is 6.54 Å². The lowest BCUT2D eigenvalue weighted by Gasteiger charge is -2.01.